The molecule has 6 heteroatoms. The average Bonchev–Trinajstić information content (AvgIpc) is 3.04. The van der Waals surface area contributed by atoms with Crippen LogP contribution in [0.3, 0.4) is 0 Å². The molecule has 96 valence electrons. The lowest BCUT2D eigenvalue weighted by atomic mass is 10.4. The van der Waals surface area contributed by atoms with Crippen LogP contribution in [0.15, 0.2) is 24.5 Å². The number of aryl methyl sites for hydroxylation is 2. The maximum Gasteiger partial charge on any atom is 0.272 e. The van der Waals surface area contributed by atoms with Crippen LogP contribution in [0, 0.1) is 0 Å². The third-order valence-electron chi connectivity index (χ3n) is 2.65. The number of amides is 1. The van der Waals surface area contributed by atoms with Gasteiger partial charge in [0.15, 0.2) is 0 Å². The van der Waals surface area contributed by atoms with Crippen LogP contribution in [0.25, 0.3) is 0 Å². The molecule has 0 spiro atoms. The molecule has 2 aromatic heterocycles. The summed E-state index contributed by atoms with van der Waals surface area (Å²) in [5.74, 6) is -0.173. The van der Waals surface area contributed by atoms with Crippen molar-refractivity contribution in [2.24, 2.45) is 0 Å². The molecule has 0 aliphatic heterocycles. The highest BCUT2D eigenvalue weighted by atomic mass is 16.1. The van der Waals surface area contributed by atoms with Crippen molar-refractivity contribution in [3.05, 3.63) is 35.9 Å². The van der Waals surface area contributed by atoms with E-state index < -0.39 is 0 Å². The van der Waals surface area contributed by atoms with E-state index in [9.17, 15) is 4.79 Å². The summed E-state index contributed by atoms with van der Waals surface area (Å²) < 4.78 is 3.55. The lowest BCUT2D eigenvalue weighted by Crippen LogP contribution is -2.23. The molecule has 0 aromatic carbocycles. The van der Waals surface area contributed by atoms with Gasteiger partial charge in [-0.25, -0.2) is 0 Å². The first-order chi connectivity index (χ1) is 8.72. The summed E-state index contributed by atoms with van der Waals surface area (Å²) in [6.45, 7) is 6.01. The van der Waals surface area contributed by atoms with Gasteiger partial charge in [-0.2, -0.15) is 10.2 Å². The molecule has 0 unspecified atom stereocenters. The molecule has 0 saturated heterocycles. The number of nitrogens with zero attached hydrogens (tertiary/aromatic N) is 4. The number of hydrogen-bond acceptors (Lipinski definition) is 3. The molecule has 2 heterocycles. The number of nitrogens with one attached hydrogen (secondary N) is 1. The Balaban J connectivity index is 1.91. The Hall–Kier alpha value is -2.11. The molecule has 2 aromatic rings. The first-order valence-electron chi connectivity index (χ1n) is 6.07. The Kier molecular flexibility index (Phi) is 3.76. The van der Waals surface area contributed by atoms with Gasteiger partial charge in [0.1, 0.15) is 5.69 Å². The van der Waals surface area contributed by atoms with Crippen LogP contribution in [0.2, 0.25) is 0 Å². The van der Waals surface area contributed by atoms with E-state index in [1.807, 2.05) is 30.8 Å². The fraction of sp³-hybridized carbons (Fsp3) is 0.417. The number of carbonyl (C=O) groups is 1. The molecule has 0 saturated carbocycles. The average molecular weight is 247 g/mol. The number of carbonyl (C=O) groups excluding carboxylic acids is 1. The summed E-state index contributed by atoms with van der Waals surface area (Å²) in [4.78, 5) is 11.8. The topological polar surface area (TPSA) is 64.7 Å². The Bertz CT molecular complexity index is 528. The van der Waals surface area contributed by atoms with E-state index in [0.717, 1.165) is 18.8 Å². The van der Waals surface area contributed by atoms with Crippen molar-refractivity contribution < 1.29 is 4.79 Å². The summed E-state index contributed by atoms with van der Waals surface area (Å²) in [6, 6.07) is 3.61. The van der Waals surface area contributed by atoms with Crippen molar-refractivity contribution >= 4 is 5.91 Å². The maximum atomic E-state index is 11.8. The molecule has 0 fully saturated rings. The SMILES string of the molecule is CCn1ccc(CNC(=O)c2ccn(CC)n2)n1. The first-order valence-corrected chi connectivity index (χ1v) is 6.07. The smallest absolute Gasteiger partial charge is 0.272 e. The van der Waals surface area contributed by atoms with Crippen molar-refractivity contribution in [1.29, 1.82) is 0 Å². The zero-order valence-electron chi connectivity index (χ0n) is 10.6. The van der Waals surface area contributed by atoms with Gasteiger partial charge in [-0.3, -0.25) is 14.2 Å². The quantitative estimate of drug-likeness (QED) is 0.859. The number of hydrogen-bond donors (Lipinski definition) is 1. The third-order valence-corrected chi connectivity index (χ3v) is 2.65. The van der Waals surface area contributed by atoms with Gasteiger partial charge in [0.05, 0.1) is 12.2 Å². The van der Waals surface area contributed by atoms with E-state index in [0.29, 0.717) is 12.2 Å². The second kappa shape index (κ2) is 5.48. The Morgan fingerprint density at radius 3 is 2.44 bits per heavy atom. The molecular formula is C12H17N5O. The van der Waals surface area contributed by atoms with Gasteiger partial charge in [-0.1, -0.05) is 0 Å². The lowest BCUT2D eigenvalue weighted by molar-refractivity contribution is 0.0944. The fourth-order valence-corrected chi connectivity index (χ4v) is 1.59. The molecule has 0 radical (unpaired) electrons. The monoisotopic (exact) mass is 247 g/mol. The van der Waals surface area contributed by atoms with E-state index >= 15 is 0 Å². The lowest BCUT2D eigenvalue weighted by Gasteiger charge is -2.00. The Morgan fingerprint density at radius 1 is 1.17 bits per heavy atom. The summed E-state index contributed by atoms with van der Waals surface area (Å²) >= 11 is 0. The van der Waals surface area contributed by atoms with E-state index in [4.69, 9.17) is 0 Å². The molecule has 0 atom stereocenters. The van der Waals surface area contributed by atoms with E-state index in [1.54, 1.807) is 16.9 Å². The first kappa shape index (κ1) is 12.3. The van der Waals surface area contributed by atoms with E-state index in [2.05, 4.69) is 15.5 Å². The second-order valence-corrected chi connectivity index (χ2v) is 3.90. The van der Waals surface area contributed by atoms with Crippen molar-refractivity contribution in [3.63, 3.8) is 0 Å². The molecule has 6 nitrogen and oxygen atoms in total. The largest absolute Gasteiger partial charge is 0.345 e. The predicted molar refractivity (Wildman–Crippen MR) is 67.0 cm³/mol. The zero-order valence-corrected chi connectivity index (χ0v) is 10.6. The highest BCUT2D eigenvalue weighted by molar-refractivity contribution is 5.92. The maximum absolute atomic E-state index is 11.8. The van der Waals surface area contributed by atoms with Gasteiger partial charge in [-0.05, 0) is 26.0 Å². The van der Waals surface area contributed by atoms with Crippen LogP contribution in [-0.2, 0) is 19.6 Å². The number of aromatic nitrogens is 4. The highest BCUT2D eigenvalue weighted by Crippen LogP contribution is 1.98. The van der Waals surface area contributed by atoms with Crippen LogP contribution in [0.4, 0.5) is 0 Å². The Morgan fingerprint density at radius 2 is 1.83 bits per heavy atom. The molecule has 0 aliphatic rings. The second-order valence-electron chi connectivity index (χ2n) is 3.90. The van der Waals surface area contributed by atoms with Gasteiger partial charge in [0, 0.05) is 25.5 Å². The van der Waals surface area contributed by atoms with Crippen molar-refractivity contribution in [3.8, 4) is 0 Å². The Labute approximate surface area is 106 Å². The zero-order chi connectivity index (χ0) is 13.0. The minimum absolute atomic E-state index is 0.173. The molecule has 0 aliphatic carbocycles. The minimum atomic E-state index is -0.173. The molecule has 0 bridgehead atoms. The predicted octanol–water partition coefficient (Wildman–Crippen LogP) is 1.05. The highest BCUT2D eigenvalue weighted by Gasteiger charge is 2.09. The minimum Gasteiger partial charge on any atom is -0.345 e. The van der Waals surface area contributed by atoms with Crippen LogP contribution in [-0.4, -0.2) is 25.5 Å². The summed E-state index contributed by atoms with van der Waals surface area (Å²) in [5, 5.41) is 11.2. The summed E-state index contributed by atoms with van der Waals surface area (Å²) in [6.07, 6.45) is 3.69. The molecule has 1 amide bonds. The van der Waals surface area contributed by atoms with Crippen LogP contribution in [0.1, 0.15) is 30.0 Å². The van der Waals surface area contributed by atoms with E-state index in [-0.39, 0.29) is 5.91 Å². The number of rotatable bonds is 5. The van der Waals surface area contributed by atoms with Crippen LogP contribution in [0.5, 0.6) is 0 Å². The normalized spacial score (nSPS) is 10.6. The molecule has 18 heavy (non-hydrogen) atoms. The van der Waals surface area contributed by atoms with Crippen LogP contribution < -0.4 is 5.32 Å². The van der Waals surface area contributed by atoms with Crippen LogP contribution >= 0.6 is 0 Å². The fourth-order valence-electron chi connectivity index (χ4n) is 1.59. The van der Waals surface area contributed by atoms with E-state index in [1.165, 1.54) is 0 Å². The van der Waals surface area contributed by atoms with Gasteiger partial charge in [0.2, 0.25) is 0 Å². The summed E-state index contributed by atoms with van der Waals surface area (Å²) in [7, 11) is 0. The molecule has 1 N–H and O–H groups in total. The molecular weight excluding hydrogens is 230 g/mol. The van der Waals surface area contributed by atoms with Crippen molar-refractivity contribution in [1.82, 2.24) is 24.9 Å². The van der Waals surface area contributed by atoms with Crippen molar-refractivity contribution in [2.75, 3.05) is 0 Å². The summed E-state index contributed by atoms with van der Waals surface area (Å²) in [5.41, 5.74) is 1.28. The van der Waals surface area contributed by atoms with Gasteiger partial charge in [-0.15, -0.1) is 0 Å². The van der Waals surface area contributed by atoms with Crippen molar-refractivity contribution in [2.45, 2.75) is 33.5 Å². The van der Waals surface area contributed by atoms with Gasteiger partial charge in [0.25, 0.3) is 5.91 Å². The van der Waals surface area contributed by atoms with Gasteiger partial charge >= 0.3 is 0 Å². The molecule has 2 rings (SSSR count). The third kappa shape index (κ3) is 2.77. The van der Waals surface area contributed by atoms with Gasteiger partial charge < -0.3 is 5.32 Å². The standard InChI is InChI=1S/C12H17N5O/c1-3-16-7-5-10(14-16)9-13-12(18)11-6-8-17(4-2)15-11/h5-8H,3-4,9H2,1-2H3,(H,13,18).